The van der Waals surface area contributed by atoms with E-state index >= 15 is 0 Å². The largest absolute Gasteiger partial charge is 0.480 e. The van der Waals surface area contributed by atoms with Crippen molar-refractivity contribution in [1.82, 2.24) is 9.71 Å². The number of carboxylic acids is 1. The summed E-state index contributed by atoms with van der Waals surface area (Å²) in [4.78, 5) is 14.3. The van der Waals surface area contributed by atoms with E-state index in [2.05, 4.69) is 9.71 Å². The minimum absolute atomic E-state index is 0.0173. The molecular weight excluding hydrogens is 240 g/mol. The second-order valence-electron chi connectivity index (χ2n) is 2.83. The molecule has 1 aromatic heterocycles. The monoisotopic (exact) mass is 250 g/mol. The summed E-state index contributed by atoms with van der Waals surface area (Å²) in [5, 5.41) is 8.77. The highest BCUT2D eigenvalue weighted by molar-refractivity contribution is 7.90. The second-order valence-corrected chi connectivity index (χ2v) is 5.63. The van der Waals surface area contributed by atoms with Crippen molar-refractivity contribution in [2.24, 2.45) is 0 Å². The van der Waals surface area contributed by atoms with E-state index in [-0.39, 0.29) is 6.54 Å². The van der Waals surface area contributed by atoms with Gasteiger partial charge in [-0.15, -0.1) is 11.3 Å². The number of carbonyl (C=O) groups is 1. The van der Waals surface area contributed by atoms with E-state index in [4.69, 9.17) is 5.11 Å². The van der Waals surface area contributed by atoms with Crippen molar-refractivity contribution in [3.05, 3.63) is 16.6 Å². The molecule has 0 fully saturated rings. The fourth-order valence-electron chi connectivity index (χ4n) is 0.757. The predicted octanol–water partition coefficient (Wildman–Crippen LogP) is 0.0356. The molecular formula is C7H10N2O4S2. The number of hydrogen-bond acceptors (Lipinski definition) is 5. The quantitative estimate of drug-likeness (QED) is 0.769. The molecule has 1 atom stereocenters. The standard InChI is InChI=1S/C7H10N2O4S2/c1-5(7(10)11)15(12,13)9-2-6-3-14-4-8-6/h3-5,9H,2H2,1H3,(H,10,11). The van der Waals surface area contributed by atoms with Crippen molar-refractivity contribution in [2.75, 3.05) is 0 Å². The Morgan fingerprint density at radius 1 is 1.73 bits per heavy atom. The molecule has 2 N–H and O–H groups in total. The Hall–Kier alpha value is -0.990. The fraction of sp³-hybridized carbons (Fsp3) is 0.429. The number of thiazole rings is 1. The van der Waals surface area contributed by atoms with Gasteiger partial charge in [-0.05, 0) is 6.92 Å². The lowest BCUT2D eigenvalue weighted by molar-refractivity contribution is -0.136. The van der Waals surface area contributed by atoms with Gasteiger partial charge in [0.1, 0.15) is 0 Å². The van der Waals surface area contributed by atoms with Crippen molar-refractivity contribution < 1.29 is 18.3 Å². The number of aromatic nitrogens is 1. The molecule has 0 aliphatic carbocycles. The van der Waals surface area contributed by atoms with Crippen LogP contribution in [-0.2, 0) is 21.4 Å². The third kappa shape index (κ3) is 3.26. The van der Waals surface area contributed by atoms with Crippen LogP contribution in [0.3, 0.4) is 0 Å². The second kappa shape index (κ2) is 4.69. The van der Waals surface area contributed by atoms with Crippen molar-refractivity contribution in [2.45, 2.75) is 18.7 Å². The Morgan fingerprint density at radius 3 is 2.87 bits per heavy atom. The van der Waals surface area contributed by atoms with Gasteiger partial charge >= 0.3 is 5.97 Å². The molecule has 0 radical (unpaired) electrons. The fourth-order valence-corrected chi connectivity index (χ4v) is 2.18. The number of nitrogens with zero attached hydrogens (tertiary/aromatic N) is 1. The maximum absolute atomic E-state index is 11.4. The summed E-state index contributed by atoms with van der Waals surface area (Å²) < 4.78 is 24.9. The summed E-state index contributed by atoms with van der Waals surface area (Å²) in [5.74, 6) is -1.37. The zero-order chi connectivity index (χ0) is 11.5. The smallest absolute Gasteiger partial charge is 0.323 e. The molecule has 1 rings (SSSR count). The molecule has 6 nitrogen and oxygen atoms in total. The molecule has 0 spiro atoms. The van der Waals surface area contributed by atoms with Gasteiger partial charge < -0.3 is 5.11 Å². The van der Waals surface area contributed by atoms with Crippen LogP contribution in [0.5, 0.6) is 0 Å². The van der Waals surface area contributed by atoms with Crippen molar-refractivity contribution in [1.29, 1.82) is 0 Å². The molecule has 1 aromatic rings. The van der Waals surface area contributed by atoms with E-state index in [0.717, 1.165) is 6.92 Å². The molecule has 8 heteroatoms. The van der Waals surface area contributed by atoms with Crippen LogP contribution in [0, 0.1) is 0 Å². The van der Waals surface area contributed by atoms with Crippen molar-refractivity contribution in [3.63, 3.8) is 0 Å². The number of sulfonamides is 1. The van der Waals surface area contributed by atoms with Crippen LogP contribution in [0.2, 0.25) is 0 Å². The summed E-state index contributed by atoms with van der Waals surface area (Å²) in [6.07, 6.45) is 0. The number of rotatable bonds is 5. The molecule has 0 amide bonds. The molecule has 0 aromatic carbocycles. The highest BCUT2D eigenvalue weighted by Gasteiger charge is 2.27. The first-order valence-electron chi connectivity index (χ1n) is 4.02. The molecule has 0 saturated carbocycles. The topological polar surface area (TPSA) is 96.4 Å². The van der Waals surface area contributed by atoms with E-state index in [1.165, 1.54) is 11.3 Å². The van der Waals surface area contributed by atoms with Crippen LogP contribution in [0.4, 0.5) is 0 Å². The first kappa shape index (κ1) is 12.1. The average Bonchev–Trinajstić information content (AvgIpc) is 2.66. The number of carboxylic acid groups (broad SMARTS) is 1. The Labute approximate surface area is 91.0 Å². The Kier molecular flexibility index (Phi) is 3.77. The maximum Gasteiger partial charge on any atom is 0.323 e. The summed E-state index contributed by atoms with van der Waals surface area (Å²) in [5.41, 5.74) is 2.14. The van der Waals surface area contributed by atoms with Gasteiger partial charge in [0.15, 0.2) is 5.25 Å². The van der Waals surface area contributed by atoms with E-state index < -0.39 is 21.2 Å². The number of hydrogen-bond donors (Lipinski definition) is 2. The van der Waals surface area contributed by atoms with Gasteiger partial charge in [0.25, 0.3) is 0 Å². The van der Waals surface area contributed by atoms with Gasteiger partial charge in [-0.25, -0.2) is 18.1 Å². The molecule has 1 unspecified atom stereocenters. The third-order valence-corrected chi connectivity index (χ3v) is 4.07. The minimum atomic E-state index is -3.82. The lowest BCUT2D eigenvalue weighted by atomic mass is 10.5. The van der Waals surface area contributed by atoms with E-state index in [1.54, 1.807) is 10.9 Å². The average molecular weight is 250 g/mol. The number of aliphatic carboxylic acids is 1. The maximum atomic E-state index is 11.4. The van der Waals surface area contributed by atoms with Crippen molar-refractivity contribution in [3.8, 4) is 0 Å². The Balaban J connectivity index is 2.62. The highest BCUT2D eigenvalue weighted by atomic mass is 32.2. The van der Waals surface area contributed by atoms with Crippen LogP contribution in [0.15, 0.2) is 10.9 Å². The molecule has 0 aliphatic rings. The van der Waals surface area contributed by atoms with Gasteiger partial charge in [0, 0.05) is 5.38 Å². The van der Waals surface area contributed by atoms with Crippen LogP contribution >= 0.6 is 11.3 Å². The highest BCUT2D eigenvalue weighted by Crippen LogP contribution is 2.03. The Bertz CT molecular complexity index is 426. The molecule has 15 heavy (non-hydrogen) atoms. The zero-order valence-electron chi connectivity index (χ0n) is 7.87. The first-order valence-corrected chi connectivity index (χ1v) is 6.51. The predicted molar refractivity (Wildman–Crippen MR) is 55.0 cm³/mol. The van der Waals surface area contributed by atoms with Gasteiger partial charge in [0.2, 0.25) is 10.0 Å². The summed E-state index contributed by atoms with van der Waals surface area (Å²) in [6.45, 7) is 1.13. The van der Waals surface area contributed by atoms with E-state index in [9.17, 15) is 13.2 Å². The first-order chi connectivity index (χ1) is 6.93. The molecule has 0 saturated heterocycles. The summed E-state index contributed by atoms with van der Waals surface area (Å²) in [7, 11) is -3.82. The van der Waals surface area contributed by atoms with E-state index in [0.29, 0.717) is 5.69 Å². The number of nitrogens with one attached hydrogen (secondary N) is 1. The molecule has 84 valence electrons. The molecule has 0 bridgehead atoms. The molecule has 0 aliphatic heterocycles. The lowest BCUT2D eigenvalue weighted by Gasteiger charge is -2.08. The SMILES string of the molecule is CC(C(=O)O)S(=O)(=O)NCc1cscn1. The molecule has 1 heterocycles. The lowest BCUT2D eigenvalue weighted by Crippen LogP contribution is -2.37. The van der Waals surface area contributed by atoms with Crippen LogP contribution in [-0.4, -0.2) is 29.7 Å². The van der Waals surface area contributed by atoms with E-state index in [1.807, 2.05) is 0 Å². The van der Waals surface area contributed by atoms with Gasteiger partial charge in [-0.1, -0.05) is 0 Å². The van der Waals surface area contributed by atoms with Crippen LogP contribution in [0.25, 0.3) is 0 Å². The zero-order valence-corrected chi connectivity index (χ0v) is 9.51. The minimum Gasteiger partial charge on any atom is -0.480 e. The summed E-state index contributed by atoms with van der Waals surface area (Å²) in [6, 6.07) is 0. The Morgan fingerprint density at radius 2 is 2.40 bits per heavy atom. The third-order valence-electron chi connectivity index (χ3n) is 1.75. The van der Waals surface area contributed by atoms with Crippen molar-refractivity contribution >= 4 is 27.3 Å². The normalized spacial score (nSPS) is 13.7. The van der Waals surface area contributed by atoms with Gasteiger partial charge in [0.05, 0.1) is 17.7 Å². The van der Waals surface area contributed by atoms with Gasteiger partial charge in [-0.3, -0.25) is 4.79 Å². The van der Waals surface area contributed by atoms with Crippen LogP contribution in [0.1, 0.15) is 12.6 Å². The summed E-state index contributed by atoms with van der Waals surface area (Å²) >= 11 is 1.34. The van der Waals surface area contributed by atoms with Gasteiger partial charge in [-0.2, -0.15) is 0 Å². The van der Waals surface area contributed by atoms with Crippen LogP contribution < -0.4 is 4.72 Å².